The predicted octanol–water partition coefficient (Wildman–Crippen LogP) is 3.84. The van der Waals surface area contributed by atoms with Crippen LogP contribution in [-0.2, 0) is 4.79 Å². The SMILES string of the molecule is CCCCCCC(O)(O)CCCCCCCCC(=O)O. The third kappa shape index (κ3) is 13.8. The van der Waals surface area contributed by atoms with Crippen molar-refractivity contribution in [2.75, 3.05) is 0 Å². The summed E-state index contributed by atoms with van der Waals surface area (Å²) in [6.07, 6.45) is 11.1. The molecule has 0 rings (SSSR count). The molecular formula is C16H32O4. The van der Waals surface area contributed by atoms with Gasteiger partial charge in [-0.1, -0.05) is 51.9 Å². The molecule has 3 N–H and O–H groups in total. The zero-order valence-electron chi connectivity index (χ0n) is 12.9. The lowest BCUT2D eigenvalue weighted by Gasteiger charge is -2.21. The molecule has 0 fully saturated rings. The molecule has 0 spiro atoms. The molecule has 0 aliphatic heterocycles. The lowest BCUT2D eigenvalue weighted by Crippen LogP contribution is -2.27. The molecule has 0 aromatic rings. The molecule has 0 bridgehead atoms. The molecule has 120 valence electrons. The van der Waals surface area contributed by atoms with Crippen molar-refractivity contribution in [2.45, 2.75) is 96.2 Å². The second-order valence-electron chi connectivity index (χ2n) is 5.81. The monoisotopic (exact) mass is 288 g/mol. The first-order chi connectivity index (χ1) is 9.48. The van der Waals surface area contributed by atoms with E-state index in [1.165, 1.54) is 0 Å². The van der Waals surface area contributed by atoms with Gasteiger partial charge in [0.25, 0.3) is 0 Å². The van der Waals surface area contributed by atoms with E-state index in [-0.39, 0.29) is 6.42 Å². The molecule has 4 nitrogen and oxygen atoms in total. The molecule has 0 saturated heterocycles. The van der Waals surface area contributed by atoms with Crippen LogP contribution in [0.4, 0.5) is 0 Å². The molecule has 0 amide bonds. The Hall–Kier alpha value is -0.610. The van der Waals surface area contributed by atoms with Gasteiger partial charge in [0.05, 0.1) is 0 Å². The number of hydrogen-bond donors (Lipinski definition) is 3. The summed E-state index contributed by atoms with van der Waals surface area (Å²) in [5.41, 5.74) is 0. The van der Waals surface area contributed by atoms with Crippen molar-refractivity contribution in [2.24, 2.45) is 0 Å². The third-order valence-corrected chi connectivity index (χ3v) is 3.65. The average molecular weight is 288 g/mol. The van der Waals surface area contributed by atoms with Crippen LogP contribution in [0.25, 0.3) is 0 Å². The van der Waals surface area contributed by atoms with Crippen molar-refractivity contribution in [3.05, 3.63) is 0 Å². The Morgan fingerprint density at radius 2 is 1.25 bits per heavy atom. The summed E-state index contributed by atoms with van der Waals surface area (Å²) in [5, 5.41) is 28.1. The molecule has 20 heavy (non-hydrogen) atoms. The Bertz CT molecular complexity index is 239. The van der Waals surface area contributed by atoms with Gasteiger partial charge in [0.15, 0.2) is 5.79 Å². The van der Waals surface area contributed by atoms with Crippen molar-refractivity contribution < 1.29 is 20.1 Å². The topological polar surface area (TPSA) is 77.8 Å². The van der Waals surface area contributed by atoms with Crippen LogP contribution in [0.15, 0.2) is 0 Å². The van der Waals surface area contributed by atoms with Crippen LogP contribution in [0.2, 0.25) is 0 Å². The highest BCUT2D eigenvalue weighted by Crippen LogP contribution is 2.20. The first-order valence-corrected chi connectivity index (χ1v) is 8.14. The van der Waals surface area contributed by atoms with Crippen LogP contribution in [0.5, 0.6) is 0 Å². The lowest BCUT2D eigenvalue weighted by molar-refractivity contribution is -0.172. The number of carbonyl (C=O) groups is 1. The van der Waals surface area contributed by atoms with E-state index in [0.717, 1.165) is 64.2 Å². The number of hydrogen-bond acceptors (Lipinski definition) is 3. The summed E-state index contributed by atoms with van der Waals surface area (Å²) >= 11 is 0. The van der Waals surface area contributed by atoms with E-state index < -0.39 is 11.8 Å². The quantitative estimate of drug-likeness (QED) is 0.335. The Balaban J connectivity index is 3.36. The zero-order valence-corrected chi connectivity index (χ0v) is 12.9. The molecular weight excluding hydrogens is 256 g/mol. The highest BCUT2D eigenvalue weighted by Gasteiger charge is 2.21. The molecule has 0 atom stereocenters. The van der Waals surface area contributed by atoms with E-state index in [2.05, 4.69) is 6.92 Å². The summed E-state index contributed by atoms with van der Waals surface area (Å²) < 4.78 is 0. The second kappa shape index (κ2) is 12.2. The minimum atomic E-state index is -1.49. The van der Waals surface area contributed by atoms with Gasteiger partial charge in [-0.15, -0.1) is 0 Å². The van der Waals surface area contributed by atoms with Crippen LogP contribution >= 0.6 is 0 Å². The number of carboxylic acids is 1. The van der Waals surface area contributed by atoms with Crippen LogP contribution in [-0.4, -0.2) is 27.1 Å². The van der Waals surface area contributed by atoms with E-state index in [9.17, 15) is 15.0 Å². The number of carboxylic acid groups (broad SMARTS) is 1. The number of rotatable bonds is 14. The number of aliphatic hydroxyl groups is 2. The molecule has 0 saturated carbocycles. The van der Waals surface area contributed by atoms with Crippen LogP contribution < -0.4 is 0 Å². The van der Waals surface area contributed by atoms with Crippen molar-refractivity contribution in [3.8, 4) is 0 Å². The average Bonchev–Trinajstić information content (AvgIpc) is 2.37. The number of unbranched alkanes of at least 4 members (excludes halogenated alkanes) is 8. The van der Waals surface area contributed by atoms with Crippen molar-refractivity contribution in [1.29, 1.82) is 0 Å². The highest BCUT2D eigenvalue weighted by atomic mass is 16.5. The molecule has 0 heterocycles. The van der Waals surface area contributed by atoms with Gasteiger partial charge in [-0.05, 0) is 19.3 Å². The van der Waals surface area contributed by atoms with Gasteiger partial charge in [0.2, 0.25) is 0 Å². The number of aliphatic carboxylic acids is 1. The summed E-state index contributed by atoms with van der Waals surface area (Å²) in [6.45, 7) is 2.14. The minimum Gasteiger partial charge on any atom is -0.481 e. The molecule has 0 aliphatic carbocycles. The zero-order chi connectivity index (χ0) is 15.3. The predicted molar refractivity (Wildman–Crippen MR) is 80.5 cm³/mol. The Kier molecular flexibility index (Phi) is 11.8. The van der Waals surface area contributed by atoms with Gasteiger partial charge < -0.3 is 15.3 Å². The Morgan fingerprint density at radius 3 is 1.75 bits per heavy atom. The van der Waals surface area contributed by atoms with Crippen molar-refractivity contribution in [3.63, 3.8) is 0 Å². The fourth-order valence-corrected chi connectivity index (χ4v) is 2.35. The molecule has 0 aromatic carbocycles. The van der Waals surface area contributed by atoms with Gasteiger partial charge in [-0.25, -0.2) is 0 Å². The van der Waals surface area contributed by atoms with Crippen molar-refractivity contribution >= 4 is 5.97 Å². The molecule has 0 radical (unpaired) electrons. The Morgan fingerprint density at radius 1 is 0.800 bits per heavy atom. The molecule has 0 unspecified atom stereocenters. The van der Waals surface area contributed by atoms with Gasteiger partial charge in [-0.2, -0.15) is 0 Å². The smallest absolute Gasteiger partial charge is 0.303 e. The van der Waals surface area contributed by atoms with Crippen LogP contribution in [0, 0.1) is 0 Å². The van der Waals surface area contributed by atoms with Crippen LogP contribution in [0.1, 0.15) is 90.4 Å². The van der Waals surface area contributed by atoms with E-state index in [1.807, 2.05) is 0 Å². The van der Waals surface area contributed by atoms with E-state index in [0.29, 0.717) is 12.8 Å². The van der Waals surface area contributed by atoms with E-state index in [1.54, 1.807) is 0 Å². The summed E-state index contributed by atoms with van der Waals surface area (Å²) in [5.74, 6) is -2.21. The van der Waals surface area contributed by atoms with E-state index in [4.69, 9.17) is 5.11 Å². The third-order valence-electron chi connectivity index (χ3n) is 3.65. The summed E-state index contributed by atoms with van der Waals surface area (Å²) in [4.78, 5) is 10.3. The maximum absolute atomic E-state index is 10.3. The summed E-state index contributed by atoms with van der Waals surface area (Å²) in [7, 11) is 0. The molecule has 0 aliphatic rings. The maximum Gasteiger partial charge on any atom is 0.303 e. The first-order valence-electron chi connectivity index (χ1n) is 8.14. The first kappa shape index (κ1) is 19.4. The minimum absolute atomic E-state index is 0.258. The van der Waals surface area contributed by atoms with Crippen LogP contribution in [0.3, 0.4) is 0 Å². The fraction of sp³-hybridized carbons (Fsp3) is 0.938. The normalized spacial score (nSPS) is 11.8. The Labute approximate surface area is 123 Å². The highest BCUT2D eigenvalue weighted by molar-refractivity contribution is 5.66. The summed E-state index contributed by atoms with van der Waals surface area (Å²) in [6, 6.07) is 0. The van der Waals surface area contributed by atoms with Crippen molar-refractivity contribution in [1.82, 2.24) is 0 Å². The van der Waals surface area contributed by atoms with Gasteiger partial charge in [0, 0.05) is 19.3 Å². The largest absolute Gasteiger partial charge is 0.481 e. The van der Waals surface area contributed by atoms with Gasteiger partial charge in [0.1, 0.15) is 0 Å². The molecule has 4 heteroatoms. The lowest BCUT2D eigenvalue weighted by atomic mass is 9.99. The maximum atomic E-state index is 10.3. The fourth-order valence-electron chi connectivity index (χ4n) is 2.35. The molecule has 0 aromatic heterocycles. The van der Waals surface area contributed by atoms with Gasteiger partial charge >= 0.3 is 5.97 Å². The van der Waals surface area contributed by atoms with Gasteiger partial charge in [-0.3, -0.25) is 4.79 Å². The second-order valence-corrected chi connectivity index (χ2v) is 5.81. The standard InChI is InChI=1S/C16H32O4/c1-2-3-4-10-13-16(19,20)14-11-8-6-5-7-9-12-15(17)18/h19-20H,2-14H2,1H3,(H,17,18). The van der Waals surface area contributed by atoms with E-state index >= 15 is 0 Å².